The maximum atomic E-state index is 12.9. The zero-order valence-corrected chi connectivity index (χ0v) is 15.9. The van der Waals surface area contributed by atoms with Gasteiger partial charge in [-0.15, -0.1) is 0 Å². The molecule has 6 heteroatoms. The van der Waals surface area contributed by atoms with E-state index < -0.39 is 15.6 Å². The fourth-order valence-electron chi connectivity index (χ4n) is 3.97. The Balaban J connectivity index is 1.45. The number of benzene rings is 2. The second-order valence-corrected chi connectivity index (χ2v) is 9.32. The molecule has 2 aliphatic heterocycles. The van der Waals surface area contributed by atoms with E-state index in [1.165, 1.54) is 0 Å². The van der Waals surface area contributed by atoms with Gasteiger partial charge in [-0.25, -0.2) is 8.42 Å². The summed E-state index contributed by atoms with van der Waals surface area (Å²) in [6.45, 7) is 4.91. The second kappa shape index (κ2) is 6.93. The van der Waals surface area contributed by atoms with Crippen molar-refractivity contribution in [1.82, 2.24) is 4.90 Å². The summed E-state index contributed by atoms with van der Waals surface area (Å²) in [6, 6.07) is 13.2. The molecule has 2 fully saturated rings. The van der Waals surface area contributed by atoms with Gasteiger partial charge < -0.3 is 9.47 Å². The van der Waals surface area contributed by atoms with Crippen LogP contribution in [0.1, 0.15) is 19.8 Å². The third-order valence-corrected chi connectivity index (χ3v) is 7.43. The minimum atomic E-state index is -3.33. The predicted octanol–water partition coefficient (Wildman–Crippen LogP) is 2.84. The summed E-state index contributed by atoms with van der Waals surface area (Å²) in [4.78, 5) is 2.63. The van der Waals surface area contributed by atoms with Gasteiger partial charge in [0.25, 0.3) is 0 Å². The first-order valence-electron chi connectivity index (χ1n) is 9.21. The number of rotatable bonds is 4. The Morgan fingerprint density at radius 2 is 1.69 bits per heavy atom. The van der Waals surface area contributed by atoms with Crippen molar-refractivity contribution in [2.45, 2.75) is 36.5 Å². The first-order valence-corrected chi connectivity index (χ1v) is 10.9. The van der Waals surface area contributed by atoms with E-state index in [-0.39, 0.29) is 11.8 Å². The molecule has 2 heterocycles. The Labute approximate surface area is 154 Å². The van der Waals surface area contributed by atoms with Crippen LogP contribution in [0.2, 0.25) is 0 Å². The molecule has 0 radical (unpaired) electrons. The number of ether oxygens (including phenoxy) is 2. The van der Waals surface area contributed by atoms with Gasteiger partial charge >= 0.3 is 0 Å². The largest absolute Gasteiger partial charge is 0.347 e. The Hall–Kier alpha value is -1.47. The van der Waals surface area contributed by atoms with Crippen molar-refractivity contribution in [1.29, 1.82) is 0 Å². The van der Waals surface area contributed by atoms with E-state index >= 15 is 0 Å². The fraction of sp³-hybridized carbons (Fsp3) is 0.500. The van der Waals surface area contributed by atoms with Gasteiger partial charge in [0, 0.05) is 32.0 Å². The smallest absolute Gasteiger partial charge is 0.179 e. The molecule has 5 nitrogen and oxygen atoms in total. The first-order chi connectivity index (χ1) is 12.5. The van der Waals surface area contributed by atoms with Gasteiger partial charge in [0.05, 0.1) is 23.9 Å². The van der Waals surface area contributed by atoms with Gasteiger partial charge in [-0.3, -0.25) is 4.90 Å². The normalized spacial score (nSPS) is 22.0. The monoisotopic (exact) mass is 375 g/mol. The van der Waals surface area contributed by atoms with Crippen molar-refractivity contribution in [2.75, 3.05) is 32.1 Å². The fourth-order valence-corrected chi connectivity index (χ4v) is 5.59. The topological polar surface area (TPSA) is 55.8 Å². The number of hydrogen-bond acceptors (Lipinski definition) is 5. The van der Waals surface area contributed by atoms with Gasteiger partial charge in [-0.2, -0.15) is 0 Å². The van der Waals surface area contributed by atoms with E-state index in [0.29, 0.717) is 18.1 Å². The minimum Gasteiger partial charge on any atom is -0.347 e. The Bertz CT molecular complexity index is 880. The molecule has 4 rings (SSSR count). The maximum absolute atomic E-state index is 12.9. The highest BCUT2D eigenvalue weighted by Crippen LogP contribution is 2.32. The van der Waals surface area contributed by atoms with E-state index in [2.05, 4.69) is 4.90 Å². The lowest BCUT2D eigenvalue weighted by Gasteiger charge is -2.40. The average Bonchev–Trinajstić information content (AvgIpc) is 3.09. The van der Waals surface area contributed by atoms with Gasteiger partial charge in [0.15, 0.2) is 15.6 Å². The van der Waals surface area contributed by atoms with E-state index in [9.17, 15) is 8.42 Å². The summed E-state index contributed by atoms with van der Waals surface area (Å²) in [6.07, 6.45) is 1.60. The van der Waals surface area contributed by atoms with Crippen molar-refractivity contribution < 1.29 is 17.9 Å². The van der Waals surface area contributed by atoms with Crippen molar-refractivity contribution in [2.24, 2.45) is 0 Å². The number of likely N-dealkylation sites (tertiary alicyclic amines) is 1. The van der Waals surface area contributed by atoms with E-state index in [0.717, 1.165) is 36.7 Å². The molecule has 0 amide bonds. The molecule has 0 aliphatic carbocycles. The summed E-state index contributed by atoms with van der Waals surface area (Å²) in [5, 5.41) is 2.01. The van der Waals surface area contributed by atoms with Crippen LogP contribution in [0.3, 0.4) is 0 Å². The molecule has 2 saturated heterocycles. The van der Waals surface area contributed by atoms with Crippen molar-refractivity contribution in [3.8, 4) is 0 Å². The number of hydrogen-bond donors (Lipinski definition) is 0. The minimum absolute atomic E-state index is 0.0368. The van der Waals surface area contributed by atoms with Crippen LogP contribution in [0.5, 0.6) is 0 Å². The third-order valence-electron chi connectivity index (χ3n) is 5.54. The highest BCUT2D eigenvalue weighted by molar-refractivity contribution is 7.91. The molecule has 0 aromatic heterocycles. The SMILES string of the molecule is CC(CS(=O)(=O)c1ccc2ccccc2c1)N1CCC2(CC1)OCCO2. The van der Waals surface area contributed by atoms with E-state index in [1.807, 2.05) is 37.3 Å². The summed E-state index contributed by atoms with van der Waals surface area (Å²) in [5.41, 5.74) is 0. The molecule has 0 saturated carbocycles. The highest BCUT2D eigenvalue weighted by Gasteiger charge is 2.41. The van der Waals surface area contributed by atoms with Crippen molar-refractivity contribution in [3.63, 3.8) is 0 Å². The Morgan fingerprint density at radius 3 is 2.38 bits per heavy atom. The van der Waals surface area contributed by atoms with Gasteiger partial charge in [-0.1, -0.05) is 30.3 Å². The lowest BCUT2D eigenvalue weighted by atomic mass is 10.0. The number of sulfone groups is 1. The number of nitrogens with zero attached hydrogens (tertiary/aromatic N) is 1. The third kappa shape index (κ3) is 3.51. The molecule has 1 atom stereocenters. The molecule has 2 aromatic rings. The van der Waals surface area contributed by atoms with Crippen molar-refractivity contribution >= 4 is 20.6 Å². The van der Waals surface area contributed by atoms with Crippen LogP contribution in [0.4, 0.5) is 0 Å². The molecule has 1 unspecified atom stereocenters. The Morgan fingerprint density at radius 1 is 1.04 bits per heavy atom. The molecule has 2 aliphatic rings. The molecular formula is C20H25NO4S. The Kier molecular flexibility index (Phi) is 4.77. The zero-order valence-electron chi connectivity index (χ0n) is 15.1. The standard InChI is InChI=1S/C20H25NO4S/c1-16(21-10-8-20(9-11-21)24-12-13-25-20)15-26(22,23)19-7-6-17-4-2-3-5-18(17)14-19/h2-7,14,16H,8-13,15H2,1H3. The predicted molar refractivity (Wildman–Crippen MR) is 101 cm³/mol. The summed E-state index contributed by atoms with van der Waals surface area (Å²) < 4.78 is 37.3. The van der Waals surface area contributed by atoms with Gasteiger partial charge in [0.2, 0.25) is 0 Å². The molecule has 2 aromatic carbocycles. The van der Waals surface area contributed by atoms with E-state index in [1.54, 1.807) is 12.1 Å². The van der Waals surface area contributed by atoms with E-state index in [4.69, 9.17) is 9.47 Å². The molecule has 140 valence electrons. The highest BCUT2D eigenvalue weighted by atomic mass is 32.2. The average molecular weight is 375 g/mol. The lowest BCUT2D eigenvalue weighted by Crippen LogP contribution is -2.49. The zero-order chi connectivity index (χ0) is 18.2. The van der Waals surface area contributed by atoms with Crippen LogP contribution in [-0.2, 0) is 19.3 Å². The quantitative estimate of drug-likeness (QED) is 0.822. The van der Waals surface area contributed by atoms with Crippen LogP contribution in [-0.4, -0.2) is 57.2 Å². The first kappa shape index (κ1) is 17.9. The molecule has 0 N–H and O–H groups in total. The van der Waals surface area contributed by atoms with Crippen LogP contribution in [0, 0.1) is 0 Å². The lowest BCUT2D eigenvalue weighted by molar-refractivity contribution is -0.187. The van der Waals surface area contributed by atoms with Gasteiger partial charge in [0.1, 0.15) is 0 Å². The van der Waals surface area contributed by atoms with Crippen LogP contribution >= 0.6 is 0 Å². The van der Waals surface area contributed by atoms with Crippen LogP contribution in [0.15, 0.2) is 47.4 Å². The molecule has 0 bridgehead atoms. The van der Waals surface area contributed by atoms with Crippen LogP contribution < -0.4 is 0 Å². The van der Waals surface area contributed by atoms with Crippen molar-refractivity contribution in [3.05, 3.63) is 42.5 Å². The second-order valence-electron chi connectivity index (χ2n) is 7.28. The summed E-state index contributed by atoms with van der Waals surface area (Å²) in [7, 11) is -3.33. The van der Waals surface area contributed by atoms with Gasteiger partial charge in [-0.05, 0) is 29.8 Å². The number of fused-ring (bicyclic) bond motifs is 1. The molecular weight excluding hydrogens is 350 g/mol. The van der Waals surface area contributed by atoms with Crippen LogP contribution in [0.25, 0.3) is 10.8 Å². The maximum Gasteiger partial charge on any atom is 0.179 e. The molecule has 1 spiro atoms. The molecule has 26 heavy (non-hydrogen) atoms. The summed E-state index contributed by atoms with van der Waals surface area (Å²) in [5.74, 6) is -0.298. The number of piperidine rings is 1. The summed E-state index contributed by atoms with van der Waals surface area (Å²) >= 11 is 0.